The SMILES string of the molecule is CCC1COCCN1CC1CCC(CNC(C)(C)C)O1. The lowest BCUT2D eigenvalue weighted by Crippen LogP contribution is -2.48. The summed E-state index contributed by atoms with van der Waals surface area (Å²) in [5.41, 5.74) is 0.180. The van der Waals surface area contributed by atoms with Gasteiger partial charge < -0.3 is 14.8 Å². The van der Waals surface area contributed by atoms with E-state index in [-0.39, 0.29) is 5.54 Å². The Morgan fingerprint density at radius 1 is 1.20 bits per heavy atom. The molecule has 3 atom stereocenters. The molecule has 4 nitrogen and oxygen atoms in total. The third kappa shape index (κ3) is 4.99. The van der Waals surface area contributed by atoms with Gasteiger partial charge in [-0.3, -0.25) is 4.90 Å². The zero-order valence-electron chi connectivity index (χ0n) is 13.7. The molecule has 1 N–H and O–H groups in total. The van der Waals surface area contributed by atoms with Gasteiger partial charge in [0.05, 0.1) is 25.4 Å². The van der Waals surface area contributed by atoms with Crippen LogP contribution in [0.3, 0.4) is 0 Å². The molecule has 0 spiro atoms. The first-order valence-electron chi connectivity index (χ1n) is 8.20. The first-order valence-corrected chi connectivity index (χ1v) is 8.20. The molecule has 2 rings (SSSR count). The van der Waals surface area contributed by atoms with Crippen molar-refractivity contribution in [2.75, 3.05) is 32.8 Å². The molecule has 0 aliphatic carbocycles. The van der Waals surface area contributed by atoms with Crippen LogP contribution >= 0.6 is 0 Å². The van der Waals surface area contributed by atoms with Gasteiger partial charge in [-0.15, -0.1) is 0 Å². The van der Waals surface area contributed by atoms with Gasteiger partial charge in [-0.25, -0.2) is 0 Å². The highest BCUT2D eigenvalue weighted by Crippen LogP contribution is 2.22. The largest absolute Gasteiger partial charge is 0.378 e. The number of nitrogens with one attached hydrogen (secondary N) is 1. The highest BCUT2D eigenvalue weighted by molar-refractivity contribution is 4.83. The van der Waals surface area contributed by atoms with Crippen molar-refractivity contribution in [3.63, 3.8) is 0 Å². The summed E-state index contributed by atoms with van der Waals surface area (Å²) >= 11 is 0. The van der Waals surface area contributed by atoms with Crippen LogP contribution in [0.15, 0.2) is 0 Å². The van der Waals surface area contributed by atoms with Gasteiger partial charge in [0.2, 0.25) is 0 Å². The van der Waals surface area contributed by atoms with Crippen LogP contribution in [-0.4, -0.2) is 61.5 Å². The Balaban J connectivity index is 1.72. The average Bonchev–Trinajstić information content (AvgIpc) is 2.84. The van der Waals surface area contributed by atoms with Gasteiger partial charge in [0.1, 0.15) is 0 Å². The monoisotopic (exact) mass is 284 g/mol. The van der Waals surface area contributed by atoms with Crippen LogP contribution in [-0.2, 0) is 9.47 Å². The second-order valence-electron chi connectivity index (χ2n) is 7.22. The molecule has 0 radical (unpaired) electrons. The molecule has 0 aromatic carbocycles. The summed E-state index contributed by atoms with van der Waals surface area (Å²) in [7, 11) is 0. The van der Waals surface area contributed by atoms with Crippen molar-refractivity contribution in [3.8, 4) is 0 Å². The fourth-order valence-corrected chi connectivity index (χ4v) is 3.05. The molecule has 118 valence electrons. The van der Waals surface area contributed by atoms with E-state index >= 15 is 0 Å². The number of nitrogens with zero attached hydrogens (tertiary/aromatic N) is 1. The zero-order valence-corrected chi connectivity index (χ0v) is 13.7. The van der Waals surface area contributed by atoms with Gasteiger partial charge in [0.25, 0.3) is 0 Å². The van der Waals surface area contributed by atoms with Crippen molar-refractivity contribution < 1.29 is 9.47 Å². The highest BCUT2D eigenvalue weighted by Gasteiger charge is 2.30. The van der Waals surface area contributed by atoms with E-state index in [9.17, 15) is 0 Å². The zero-order chi connectivity index (χ0) is 14.6. The van der Waals surface area contributed by atoms with Crippen LogP contribution in [0.5, 0.6) is 0 Å². The first kappa shape index (κ1) is 16.2. The molecule has 20 heavy (non-hydrogen) atoms. The Labute approximate surface area is 124 Å². The lowest BCUT2D eigenvalue weighted by molar-refractivity contribution is -0.0419. The molecule has 4 heteroatoms. The topological polar surface area (TPSA) is 33.7 Å². The number of morpholine rings is 1. The van der Waals surface area contributed by atoms with Crippen molar-refractivity contribution in [2.45, 2.75) is 70.7 Å². The lowest BCUT2D eigenvalue weighted by Gasteiger charge is -2.36. The maximum Gasteiger partial charge on any atom is 0.0707 e. The predicted molar refractivity (Wildman–Crippen MR) is 82.1 cm³/mol. The highest BCUT2D eigenvalue weighted by atomic mass is 16.5. The van der Waals surface area contributed by atoms with Crippen molar-refractivity contribution in [1.29, 1.82) is 0 Å². The average molecular weight is 284 g/mol. The molecule has 2 fully saturated rings. The third-order valence-corrected chi connectivity index (χ3v) is 4.31. The first-order chi connectivity index (χ1) is 9.48. The Hall–Kier alpha value is -0.160. The molecular weight excluding hydrogens is 252 g/mol. The molecule has 2 aliphatic rings. The Morgan fingerprint density at radius 2 is 1.95 bits per heavy atom. The van der Waals surface area contributed by atoms with Crippen LogP contribution in [0.2, 0.25) is 0 Å². The van der Waals surface area contributed by atoms with E-state index < -0.39 is 0 Å². The van der Waals surface area contributed by atoms with E-state index in [0.29, 0.717) is 18.2 Å². The molecule has 2 saturated heterocycles. The number of ether oxygens (including phenoxy) is 2. The van der Waals surface area contributed by atoms with Gasteiger partial charge in [0.15, 0.2) is 0 Å². The summed E-state index contributed by atoms with van der Waals surface area (Å²) in [5, 5.41) is 3.55. The summed E-state index contributed by atoms with van der Waals surface area (Å²) in [6, 6.07) is 0.583. The summed E-state index contributed by atoms with van der Waals surface area (Å²) in [5.74, 6) is 0. The molecule has 0 amide bonds. The molecule has 3 unspecified atom stereocenters. The smallest absolute Gasteiger partial charge is 0.0707 e. The van der Waals surface area contributed by atoms with Crippen LogP contribution in [0.25, 0.3) is 0 Å². The van der Waals surface area contributed by atoms with E-state index in [0.717, 1.165) is 32.8 Å². The summed E-state index contributed by atoms with van der Waals surface area (Å²) in [4.78, 5) is 2.56. The van der Waals surface area contributed by atoms with Gasteiger partial charge in [-0.1, -0.05) is 6.92 Å². The Bertz CT molecular complexity index is 291. The van der Waals surface area contributed by atoms with Crippen molar-refractivity contribution >= 4 is 0 Å². The second kappa shape index (κ2) is 7.21. The van der Waals surface area contributed by atoms with Crippen LogP contribution < -0.4 is 5.32 Å². The predicted octanol–water partition coefficient (Wildman–Crippen LogP) is 2.03. The van der Waals surface area contributed by atoms with Crippen LogP contribution in [0.1, 0.15) is 47.0 Å². The molecule has 0 aromatic rings. The maximum atomic E-state index is 6.21. The van der Waals surface area contributed by atoms with E-state index in [4.69, 9.17) is 9.47 Å². The summed E-state index contributed by atoms with van der Waals surface area (Å²) < 4.78 is 11.8. The number of hydrogen-bond donors (Lipinski definition) is 1. The maximum absolute atomic E-state index is 6.21. The Kier molecular flexibility index (Phi) is 5.84. The molecule has 0 bridgehead atoms. The van der Waals surface area contributed by atoms with Gasteiger partial charge in [0, 0.05) is 31.2 Å². The number of rotatable bonds is 5. The number of hydrogen-bond acceptors (Lipinski definition) is 4. The van der Waals surface area contributed by atoms with Crippen molar-refractivity contribution in [2.24, 2.45) is 0 Å². The summed E-state index contributed by atoms with van der Waals surface area (Å²) in [6.45, 7) is 13.7. The van der Waals surface area contributed by atoms with Crippen molar-refractivity contribution in [3.05, 3.63) is 0 Å². The fourth-order valence-electron chi connectivity index (χ4n) is 3.05. The lowest BCUT2D eigenvalue weighted by atomic mass is 10.1. The normalized spacial score (nSPS) is 32.7. The molecule has 0 aromatic heterocycles. The second-order valence-corrected chi connectivity index (χ2v) is 7.22. The summed E-state index contributed by atoms with van der Waals surface area (Å²) in [6.07, 6.45) is 4.36. The van der Waals surface area contributed by atoms with Crippen molar-refractivity contribution in [1.82, 2.24) is 10.2 Å². The fraction of sp³-hybridized carbons (Fsp3) is 1.00. The Morgan fingerprint density at radius 3 is 2.65 bits per heavy atom. The van der Waals surface area contributed by atoms with E-state index in [1.54, 1.807) is 0 Å². The van der Waals surface area contributed by atoms with Gasteiger partial charge in [-0.2, -0.15) is 0 Å². The van der Waals surface area contributed by atoms with Gasteiger partial charge in [-0.05, 0) is 40.0 Å². The van der Waals surface area contributed by atoms with Gasteiger partial charge >= 0.3 is 0 Å². The quantitative estimate of drug-likeness (QED) is 0.837. The van der Waals surface area contributed by atoms with E-state index in [1.165, 1.54) is 19.3 Å². The standard InChI is InChI=1S/C16H32N2O2/c1-5-13-12-19-9-8-18(13)11-15-7-6-14(20-15)10-17-16(2,3)4/h13-15,17H,5-12H2,1-4H3. The van der Waals surface area contributed by atoms with Crippen LogP contribution in [0, 0.1) is 0 Å². The molecule has 2 heterocycles. The molecule has 0 saturated carbocycles. The minimum atomic E-state index is 0.180. The van der Waals surface area contributed by atoms with E-state index in [2.05, 4.69) is 37.9 Å². The van der Waals surface area contributed by atoms with Crippen LogP contribution in [0.4, 0.5) is 0 Å². The minimum Gasteiger partial charge on any atom is -0.378 e. The minimum absolute atomic E-state index is 0.180. The van der Waals surface area contributed by atoms with E-state index in [1.807, 2.05) is 0 Å². The molecule has 2 aliphatic heterocycles. The third-order valence-electron chi connectivity index (χ3n) is 4.31. The molecular formula is C16H32N2O2.